The van der Waals surface area contributed by atoms with Crippen molar-refractivity contribution < 1.29 is 14.7 Å². The number of aliphatic hydroxyl groups is 1. The zero-order valence-corrected chi connectivity index (χ0v) is 13.6. The van der Waals surface area contributed by atoms with Crippen molar-refractivity contribution in [1.82, 2.24) is 0 Å². The monoisotopic (exact) mass is 329 g/mol. The van der Waals surface area contributed by atoms with Gasteiger partial charge in [-0.2, -0.15) is 0 Å². The van der Waals surface area contributed by atoms with Gasteiger partial charge in [-0.05, 0) is 43.7 Å². The summed E-state index contributed by atoms with van der Waals surface area (Å²) in [7, 11) is 0. The number of benzene rings is 2. The highest BCUT2D eigenvalue weighted by atomic mass is 35.5. The first kappa shape index (κ1) is 15.7. The second-order valence-corrected chi connectivity index (χ2v) is 6.36. The molecule has 3 rings (SSSR count). The van der Waals surface area contributed by atoms with Crippen LogP contribution in [0, 0.1) is 13.8 Å². The minimum absolute atomic E-state index is 0.281. The van der Waals surface area contributed by atoms with Crippen LogP contribution in [0.25, 0.3) is 0 Å². The number of fused-ring (bicyclic) bond motifs is 1. The Hall–Kier alpha value is -2.17. The summed E-state index contributed by atoms with van der Waals surface area (Å²) in [4.78, 5) is 24.9. The molecule has 1 aliphatic heterocycles. The summed E-state index contributed by atoms with van der Waals surface area (Å²) in [5.74, 6) is -0.884. The van der Waals surface area contributed by atoms with E-state index < -0.39 is 11.5 Å². The molecule has 5 heteroatoms. The van der Waals surface area contributed by atoms with Crippen molar-refractivity contribution in [2.24, 2.45) is 0 Å². The van der Waals surface area contributed by atoms with Crippen molar-refractivity contribution in [3.63, 3.8) is 0 Å². The normalized spacial score (nSPS) is 19.4. The number of hydrogen-bond donors (Lipinski definition) is 2. The number of Topliss-reactive ketones (excluding diaryl/α,β-unsaturated/α-hetero) is 1. The standard InChI is InChI=1S/C18H16ClNO3/c1-10-3-4-11(2)13(7-10)16(21)9-18(23)14-8-12(19)5-6-15(14)20-17(18)22/h3-8,23H,9H2,1-2H3,(H,20,22)/t18-/m0/s1. The Morgan fingerprint density at radius 2 is 1.96 bits per heavy atom. The van der Waals surface area contributed by atoms with E-state index in [1.54, 1.807) is 18.2 Å². The maximum absolute atomic E-state index is 12.6. The molecule has 0 spiro atoms. The Kier molecular flexibility index (Phi) is 3.74. The molecular weight excluding hydrogens is 314 g/mol. The summed E-state index contributed by atoms with van der Waals surface area (Å²) in [6.45, 7) is 3.72. The molecule has 0 unspecified atom stereocenters. The van der Waals surface area contributed by atoms with Crippen LogP contribution in [0.4, 0.5) is 5.69 Å². The molecule has 0 saturated carbocycles. The highest BCUT2D eigenvalue weighted by Gasteiger charge is 2.47. The first-order chi connectivity index (χ1) is 10.8. The predicted molar refractivity (Wildman–Crippen MR) is 88.8 cm³/mol. The van der Waals surface area contributed by atoms with Crippen LogP contribution in [-0.4, -0.2) is 16.8 Å². The Balaban J connectivity index is 1.99. The molecule has 0 fully saturated rings. The lowest BCUT2D eigenvalue weighted by atomic mass is 9.87. The quantitative estimate of drug-likeness (QED) is 0.848. The van der Waals surface area contributed by atoms with Gasteiger partial charge in [-0.3, -0.25) is 9.59 Å². The average molecular weight is 330 g/mol. The minimum Gasteiger partial charge on any atom is -0.375 e. The summed E-state index contributed by atoms with van der Waals surface area (Å²) in [6.07, 6.45) is -0.323. The molecule has 0 aromatic heterocycles. The lowest BCUT2D eigenvalue weighted by molar-refractivity contribution is -0.133. The van der Waals surface area contributed by atoms with Crippen LogP contribution >= 0.6 is 11.6 Å². The highest BCUT2D eigenvalue weighted by molar-refractivity contribution is 6.31. The SMILES string of the molecule is Cc1ccc(C)c(C(=O)C[C@@]2(O)C(=O)Nc3ccc(Cl)cc32)c1. The van der Waals surface area contributed by atoms with E-state index in [0.29, 0.717) is 21.8 Å². The number of aryl methyl sites for hydroxylation is 2. The van der Waals surface area contributed by atoms with Crippen molar-refractivity contribution >= 4 is 29.0 Å². The molecule has 118 valence electrons. The third-order valence-electron chi connectivity index (χ3n) is 4.16. The molecule has 1 amide bonds. The van der Waals surface area contributed by atoms with Crippen LogP contribution in [0.1, 0.15) is 33.5 Å². The molecule has 2 N–H and O–H groups in total. The van der Waals surface area contributed by atoms with E-state index in [1.165, 1.54) is 6.07 Å². The molecule has 0 saturated heterocycles. The number of carbonyl (C=O) groups is 2. The van der Waals surface area contributed by atoms with Gasteiger partial charge in [0.2, 0.25) is 0 Å². The van der Waals surface area contributed by atoms with Crippen molar-refractivity contribution in [2.75, 3.05) is 5.32 Å². The second-order valence-electron chi connectivity index (χ2n) is 5.92. The third-order valence-corrected chi connectivity index (χ3v) is 4.40. The summed E-state index contributed by atoms with van der Waals surface area (Å²) in [5.41, 5.74) is 1.21. The Morgan fingerprint density at radius 1 is 1.22 bits per heavy atom. The van der Waals surface area contributed by atoms with Gasteiger partial charge in [0, 0.05) is 21.8 Å². The van der Waals surface area contributed by atoms with E-state index in [4.69, 9.17) is 11.6 Å². The van der Waals surface area contributed by atoms with Gasteiger partial charge in [0.15, 0.2) is 11.4 Å². The maximum atomic E-state index is 12.6. The summed E-state index contributed by atoms with van der Waals surface area (Å²) in [5, 5.41) is 13.8. The number of amides is 1. The topological polar surface area (TPSA) is 66.4 Å². The third kappa shape index (κ3) is 2.64. The lowest BCUT2D eigenvalue weighted by Crippen LogP contribution is -2.36. The van der Waals surface area contributed by atoms with Gasteiger partial charge in [0.05, 0.1) is 6.42 Å². The number of hydrogen-bond acceptors (Lipinski definition) is 3. The molecule has 23 heavy (non-hydrogen) atoms. The van der Waals surface area contributed by atoms with Crippen LogP contribution in [0.15, 0.2) is 36.4 Å². The molecule has 1 atom stereocenters. The molecule has 0 bridgehead atoms. The number of ketones is 1. The van der Waals surface area contributed by atoms with Crippen LogP contribution in [-0.2, 0) is 10.4 Å². The molecule has 1 heterocycles. The van der Waals surface area contributed by atoms with Crippen molar-refractivity contribution in [3.8, 4) is 0 Å². The molecule has 2 aromatic rings. The van der Waals surface area contributed by atoms with Gasteiger partial charge in [-0.1, -0.05) is 29.3 Å². The van der Waals surface area contributed by atoms with Gasteiger partial charge >= 0.3 is 0 Å². The van der Waals surface area contributed by atoms with E-state index >= 15 is 0 Å². The highest BCUT2D eigenvalue weighted by Crippen LogP contribution is 2.40. The van der Waals surface area contributed by atoms with Gasteiger partial charge in [0.25, 0.3) is 5.91 Å². The number of anilines is 1. The predicted octanol–water partition coefficient (Wildman–Crippen LogP) is 3.37. The summed E-state index contributed by atoms with van der Waals surface area (Å²) < 4.78 is 0. The fourth-order valence-corrected chi connectivity index (χ4v) is 3.03. The van der Waals surface area contributed by atoms with Crippen molar-refractivity contribution in [1.29, 1.82) is 0 Å². The average Bonchev–Trinajstić information content (AvgIpc) is 2.73. The Morgan fingerprint density at radius 3 is 2.70 bits per heavy atom. The second kappa shape index (κ2) is 5.48. The zero-order valence-electron chi connectivity index (χ0n) is 12.8. The van der Waals surface area contributed by atoms with E-state index in [2.05, 4.69) is 5.32 Å². The zero-order chi connectivity index (χ0) is 16.8. The molecule has 4 nitrogen and oxygen atoms in total. The molecule has 1 aliphatic rings. The minimum atomic E-state index is -1.90. The summed E-state index contributed by atoms with van der Waals surface area (Å²) in [6, 6.07) is 10.3. The van der Waals surface area contributed by atoms with Crippen molar-refractivity contribution in [3.05, 3.63) is 63.7 Å². The van der Waals surface area contributed by atoms with Crippen molar-refractivity contribution in [2.45, 2.75) is 25.9 Å². The van der Waals surface area contributed by atoms with E-state index in [1.807, 2.05) is 26.0 Å². The van der Waals surface area contributed by atoms with E-state index in [-0.39, 0.29) is 12.2 Å². The Bertz CT molecular complexity index is 831. The number of nitrogens with one attached hydrogen (secondary N) is 1. The fraction of sp³-hybridized carbons (Fsp3) is 0.222. The van der Waals surface area contributed by atoms with Crippen LogP contribution in [0.3, 0.4) is 0 Å². The van der Waals surface area contributed by atoms with E-state index in [9.17, 15) is 14.7 Å². The van der Waals surface area contributed by atoms with Gasteiger partial charge in [-0.15, -0.1) is 0 Å². The fourth-order valence-electron chi connectivity index (χ4n) is 2.86. The molecule has 0 aliphatic carbocycles. The van der Waals surface area contributed by atoms with E-state index in [0.717, 1.165) is 11.1 Å². The Labute approximate surface area is 139 Å². The molecule has 0 radical (unpaired) electrons. The van der Waals surface area contributed by atoms with Crippen LogP contribution in [0.2, 0.25) is 5.02 Å². The smallest absolute Gasteiger partial charge is 0.261 e. The number of halogens is 1. The molecular formula is C18H16ClNO3. The largest absolute Gasteiger partial charge is 0.375 e. The number of rotatable bonds is 3. The lowest BCUT2D eigenvalue weighted by Gasteiger charge is -2.20. The first-order valence-corrected chi connectivity index (χ1v) is 7.63. The van der Waals surface area contributed by atoms with Crippen LogP contribution in [0.5, 0.6) is 0 Å². The summed E-state index contributed by atoms with van der Waals surface area (Å²) >= 11 is 5.96. The maximum Gasteiger partial charge on any atom is 0.261 e. The van der Waals surface area contributed by atoms with Gasteiger partial charge in [-0.25, -0.2) is 0 Å². The van der Waals surface area contributed by atoms with Gasteiger partial charge < -0.3 is 10.4 Å². The van der Waals surface area contributed by atoms with Gasteiger partial charge in [0.1, 0.15) is 0 Å². The molecule has 2 aromatic carbocycles. The van der Waals surface area contributed by atoms with Crippen LogP contribution < -0.4 is 5.32 Å². The number of carbonyl (C=O) groups excluding carboxylic acids is 2. The first-order valence-electron chi connectivity index (χ1n) is 7.25.